The molecule has 0 aliphatic heterocycles. The van der Waals surface area contributed by atoms with E-state index in [-0.39, 0.29) is 5.97 Å². The third-order valence-electron chi connectivity index (χ3n) is 3.18. The Hall–Kier alpha value is -0.570. The Morgan fingerprint density at radius 3 is 2.57 bits per heavy atom. The fraction of sp³-hybridized carbons (Fsp3) is 0.909. The maximum Gasteiger partial charge on any atom is 0.313 e. The number of carbonyl (C=O) groups is 1. The molecule has 0 radical (unpaired) electrons. The maximum absolute atomic E-state index is 11.7. The molecule has 0 aromatic heterocycles. The van der Waals surface area contributed by atoms with Crippen LogP contribution in [0.25, 0.3) is 0 Å². The second-order valence-corrected chi connectivity index (χ2v) is 4.49. The van der Waals surface area contributed by atoms with Crippen molar-refractivity contribution in [2.45, 2.75) is 39.5 Å². The van der Waals surface area contributed by atoms with Crippen LogP contribution in [-0.2, 0) is 9.53 Å². The molecule has 1 aliphatic carbocycles. The molecular weight excluding hydrogens is 178 g/mol. The minimum atomic E-state index is -0.457. The molecule has 1 saturated carbocycles. The first-order valence-corrected chi connectivity index (χ1v) is 5.49. The Kier molecular flexibility index (Phi) is 3.93. The summed E-state index contributed by atoms with van der Waals surface area (Å²) >= 11 is 0. The predicted molar refractivity (Wildman–Crippen MR) is 55.8 cm³/mol. The van der Waals surface area contributed by atoms with E-state index in [0.717, 1.165) is 6.42 Å². The van der Waals surface area contributed by atoms with Crippen LogP contribution in [0.4, 0.5) is 0 Å². The van der Waals surface area contributed by atoms with Crippen molar-refractivity contribution in [2.24, 2.45) is 17.1 Å². The fourth-order valence-corrected chi connectivity index (χ4v) is 1.89. The van der Waals surface area contributed by atoms with Crippen molar-refractivity contribution in [2.75, 3.05) is 13.2 Å². The lowest BCUT2D eigenvalue weighted by Crippen LogP contribution is -2.40. The molecule has 0 spiro atoms. The van der Waals surface area contributed by atoms with E-state index >= 15 is 0 Å². The van der Waals surface area contributed by atoms with Gasteiger partial charge in [-0.25, -0.2) is 0 Å². The molecule has 1 fully saturated rings. The number of ether oxygens (including phenoxy) is 1. The van der Waals surface area contributed by atoms with Gasteiger partial charge in [0.15, 0.2) is 0 Å². The number of hydrogen-bond donors (Lipinski definition) is 1. The Labute approximate surface area is 86.0 Å². The highest BCUT2D eigenvalue weighted by molar-refractivity contribution is 5.76. The van der Waals surface area contributed by atoms with Gasteiger partial charge in [-0.3, -0.25) is 4.79 Å². The average Bonchev–Trinajstić information content (AvgIpc) is 2.11. The molecule has 0 bridgehead atoms. The van der Waals surface area contributed by atoms with Crippen molar-refractivity contribution in [3.8, 4) is 0 Å². The first-order chi connectivity index (χ1) is 6.62. The van der Waals surface area contributed by atoms with E-state index in [9.17, 15) is 4.79 Å². The van der Waals surface area contributed by atoms with E-state index in [4.69, 9.17) is 10.5 Å². The van der Waals surface area contributed by atoms with Gasteiger partial charge in [-0.05, 0) is 26.2 Å². The van der Waals surface area contributed by atoms with Crippen LogP contribution in [0.3, 0.4) is 0 Å². The quantitative estimate of drug-likeness (QED) is 0.686. The van der Waals surface area contributed by atoms with Gasteiger partial charge < -0.3 is 10.5 Å². The van der Waals surface area contributed by atoms with E-state index < -0.39 is 5.41 Å². The number of esters is 1. The highest BCUT2D eigenvalue weighted by Crippen LogP contribution is 2.37. The molecule has 0 aromatic rings. The molecule has 0 aromatic carbocycles. The zero-order chi connectivity index (χ0) is 10.6. The molecule has 3 heteroatoms. The minimum Gasteiger partial charge on any atom is -0.466 e. The van der Waals surface area contributed by atoms with E-state index in [0.29, 0.717) is 19.1 Å². The summed E-state index contributed by atoms with van der Waals surface area (Å²) in [4.78, 5) is 11.7. The largest absolute Gasteiger partial charge is 0.466 e. The Morgan fingerprint density at radius 1 is 1.57 bits per heavy atom. The summed E-state index contributed by atoms with van der Waals surface area (Å²) in [6, 6.07) is 0. The Bertz CT molecular complexity index is 201. The standard InChI is InChI=1S/C11H21NO2/c1-3-14-10(13)11(2,8-12)7-9-5-4-6-9/h9H,3-8,12H2,1-2H3. The third-order valence-corrected chi connectivity index (χ3v) is 3.18. The lowest BCUT2D eigenvalue weighted by atomic mass is 9.72. The van der Waals surface area contributed by atoms with Gasteiger partial charge in [0.1, 0.15) is 0 Å². The van der Waals surface area contributed by atoms with Crippen LogP contribution in [0, 0.1) is 11.3 Å². The summed E-state index contributed by atoms with van der Waals surface area (Å²) in [7, 11) is 0. The van der Waals surface area contributed by atoms with Crippen molar-refractivity contribution in [3.63, 3.8) is 0 Å². The second kappa shape index (κ2) is 4.78. The summed E-state index contributed by atoms with van der Waals surface area (Å²) in [6.07, 6.45) is 4.68. The number of nitrogens with two attached hydrogens (primary N) is 1. The van der Waals surface area contributed by atoms with Crippen LogP contribution in [0.15, 0.2) is 0 Å². The molecule has 0 amide bonds. The molecule has 1 rings (SSSR count). The lowest BCUT2D eigenvalue weighted by molar-refractivity contribution is -0.155. The highest BCUT2D eigenvalue weighted by atomic mass is 16.5. The Morgan fingerprint density at radius 2 is 2.21 bits per heavy atom. The third kappa shape index (κ3) is 2.47. The average molecular weight is 199 g/mol. The van der Waals surface area contributed by atoms with E-state index in [2.05, 4.69) is 0 Å². The summed E-state index contributed by atoms with van der Waals surface area (Å²) in [5.74, 6) is 0.558. The molecule has 14 heavy (non-hydrogen) atoms. The Balaban J connectivity index is 2.49. The van der Waals surface area contributed by atoms with Crippen LogP contribution < -0.4 is 5.73 Å². The smallest absolute Gasteiger partial charge is 0.313 e. The molecular formula is C11H21NO2. The molecule has 1 unspecified atom stereocenters. The van der Waals surface area contributed by atoms with Crippen LogP contribution in [-0.4, -0.2) is 19.1 Å². The predicted octanol–water partition coefficient (Wildman–Crippen LogP) is 1.70. The van der Waals surface area contributed by atoms with Gasteiger partial charge >= 0.3 is 5.97 Å². The highest BCUT2D eigenvalue weighted by Gasteiger charge is 2.37. The monoisotopic (exact) mass is 199 g/mol. The summed E-state index contributed by atoms with van der Waals surface area (Å²) in [5.41, 5.74) is 5.21. The summed E-state index contributed by atoms with van der Waals surface area (Å²) < 4.78 is 5.05. The first-order valence-electron chi connectivity index (χ1n) is 5.49. The normalized spacial score (nSPS) is 21.1. The van der Waals surface area contributed by atoms with Gasteiger partial charge in [0.2, 0.25) is 0 Å². The zero-order valence-electron chi connectivity index (χ0n) is 9.21. The van der Waals surface area contributed by atoms with E-state index in [1.807, 2.05) is 13.8 Å². The van der Waals surface area contributed by atoms with Gasteiger partial charge in [-0.2, -0.15) is 0 Å². The van der Waals surface area contributed by atoms with Gasteiger partial charge in [-0.1, -0.05) is 19.3 Å². The fourth-order valence-electron chi connectivity index (χ4n) is 1.89. The zero-order valence-corrected chi connectivity index (χ0v) is 9.21. The number of hydrogen-bond acceptors (Lipinski definition) is 3. The minimum absolute atomic E-state index is 0.130. The molecule has 2 N–H and O–H groups in total. The SMILES string of the molecule is CCOC(=O)C(C)(CN)CC1CCC1. The molecule has 82 valence electrons. The molecule has 0 saturated heterocycles. The van der Waals surface area contributed by atoms with E-state index in [1.54, 1.807) is 0 Å². The van der Waals surface area contributed by atoms with Crippen molar-refractivity contribution in [1.82, 2.24) is 0 Å². The van der Waals surface area contributed by atoms with Crippen molar-refractivity contribution in [3.05, 3.63) is 0 Å². The molecule has 3 nitrogen and oxygen atoms in total. The van der Waals surface area contributed by atoms with E-state index in [1.165, 1.54) is 19.3 Å². The van der Waals surface area contributed by atoms with Gasteiger partial charge in [0, 0.05) is 6.54 Å². The second-order valence-electron chi connectivity index (χ2n) is 4.49. The topological polar surface area (TPSA) is 52.3 Å². The van der Waals surface area contributed by atoms with Gasteiger partial charge in [0.05, 0.1) is 12.0 Å². The maximum atomic E-state index is 11.7. The molecule has 1 atom stereocenters. The molecule has 1 aliphatic rings. The van der Waals surface area contributed by atoms with Crippen LogP contribution in [0.5, 0.6) is 0 Å². The van der Waals surface area contributed by atoms with Crippen LogP contribution in [0.1, 0.15) is 39.5 Å². The number of carbonyl (C=O) groups excluding carboxylic acids is 1. The lowest BCUT2D eigenvalue weighted by Gasteiger charge is -2.34. The van der Waals surface area contributed by atoms with Crippen LogP contribution in [0.2, 0.25) is 0 Å². The first kappa shape index (κ1) is 11.5. The van der Waals surface area contributed by atoms with Gasteiger partial charge in [0.25, 0.3) is 0 Å². The van der Waals surface area contributed by atoms with Crippen LogP contribution >= 0.6 is 0 Å². The number of rotatable bonds is 5. The van der Waals surface area contributed by atoms with Crippen molar-refractivity contribution in [1.29, 1.82) is 0 Å². The summed E-state index contributed by atoms with van der Waals surface area (Å²) in [5, 5.41) is 0. The van der Waals surface area contributed by atoms with Crippen molar-refractivity contribution < 1.29 is 9.53 Å². The molecule has 0 heterocycles. The van der Waals surface area contributed by atoms with Crippen molar-refractivity contribution >= 4 is 5.97 Å². The van der Waals surface area contributed by atoms with Gasteiger partial charge in [-0.15, -0.1) is 0 Å². The summed E-state index contributed by atoms with van der Waals surface area (Å²) in [6.45, 7) is 4.59.